The first-order valence-corrected chi connectivity index (χ1v) is 8.07. The predicted octanol–water partition coefficient (Wildman–Crippen LogP) is 5.28. The Hall–Kier alpha value is -1.49. The molecule has 21 heavy (non-hydrogen) atoms. The van der Waals surface area contributed by atoms with Gasteiger partial charge in [0.05, 0.1) is 20.3 Å². The van der Waals surface area contributed by atoms with E-state index in [1.54, 1.807) is 29.5 Å². The highest BCUT2D eigenvalue weighted by Crippen LogP contribution is 2.27. The van der Waals surface area contributed by atoms with Crippen LogP contribution < -0.4 is 5.32 Å². The van der Waals surface area contributed by atoms with Crippen molar-refractivity contribution in [3.8, 4) is 0 Å². The Morgan fingerprint density at radius 2 is 2.05 bits per heavy atom. The fourth-order valence-corrected chi connectivity index (χ4v) is 3.40. The standard InChI is InChI=1S/C15H12Cl2N2OS/c1-2-19-12-5-6-21-14(12)8-13(19)15(20)18-9-3-4-10(16)11(17)7-9/h3-8H,2H2,1H3,(H,18,20). The van der Waals surface area contributed by atoms with Gasteiger partial charge in [-0.2, -0.15) is 0 Å². The molecule has 0 atom stereocenters. The van der Waals surface area contributed by atoms with Gasteiger partial charge >= 0.3 is 0 Å². The van der Waals surface area contributed by atoms with Crippen LogP contribution in [-0.4, -0.2) is 10.5 Å². The molecule has 108 valence electrons. The summed E-state index contributed by atoms with van der Waals surface area (Å²) in [4.78, 5) is 12.5. The van der Waals surface area contributed by atoms with Crippen LogP contribution in [0.5, 0.6) is 0 Å². The summed E-state index contributed by atoms with van der Waals surface area (Å²) in [5.41, 5.74) is 2.36. The van der Waals surface area contributed by atoms with Gasteiger partial charge in [-0.05, 0) is 42.6 Å². The van der Waals surface area contributed by atoms with Crippen molar-refractivity contribution >= 4 is 56.3 Å². The van der Waals surface area contributed by atoms with E-state index in [9.17, 15) is 4.79 Å². The van der Waals surface area contributed by atoms with Crippen LogP contribution in [0.4, 0.5) is 5.69 Å². The van der Waals surface area contributed by atoms with Crippen molar-refractivity contribution in [2.45, 2.75) is 13.5 Å². The van der Waals surface area contributed by atoms with Crippen LogP contribution >= 0.6 is 34.5 Å². The maximum absolute atomic E-state index is 12.5. The summed E-state index contributed by atoms with van der Waals surface area (Å²) in [5.74, 6) is -0.154. The second-order valence-electron chi connectivity index (χ2n) is 4.53. The SMILES string of the molecule is CCn1c(C(=O)Nc2ccc(Cl)c(Cl)c2)cc2sccc21. The fourth-order valence-electron chi connectivity index (χ4n) is 2.27. The van der Waals surface area contributed by atoms with Gasteiger partial charge in [0.15, 0.2) is 0 Å². The molecule has 1 N–H and O–H groups in total. The van der Waals surface area contributed by atoms with Crippen molar-refractivity contribution in [2.24, 2.45) is 0 Å². The number of thiophene rings is 1. The molecule has 0 bridgehead atoms. The van der Waals surface area contributed by atoms with Crippen molar-refractivity contribution in [1.82, 2.24) is 4.57 Å². The lowest BCUT2D eigenvalue weighted by atomic mass is 10.3. The Morgan fingerprint density at radius 3 is 2.76 bits per heavy atom. The lowest BCUT2D eigenvalue weighted by molar-refractivity contribution is 0.101. The second-order valence-corrected chi connectivity index (χ2v) is 6.29. The quantitative estimate of drug-likeness (QED) is 0.692. The van der Waals surface area contributed by atoms with Gasteiger partial charge in [-0.3, -0.25) is 4.79 Å². The Bertz CT molecular complexity index is 822. The van der Waals surface area contributed by atoms with Crippen LogP contribution in [0.25, 0.3) is 10.2 Å². The summed E-state index contributed by atoms with van der Waals surface area (Å²) in [6.45, 7) is 2.76. The first kappa shape index (κ1) is 14.4. The maximum Gasteiger partial charge on any atom is 0.272 e. The number of benzene rings is 1. The topological polar surface area (TPSA) is 34.0 Å². The molecule has 3 nitrogen and oxygen atoms in total. The highest BCUT2D eigenvalue weighted by molar-refractivity contribution is 7.17. The monoisotopic (exact) mass is 338 g/mol. The zero-order valence-electron chi connectivity index (χ0n) is 11.2. The normalized spacial score (nSPS) is 11.0. The molecule has 0 radical (unpaired) electrons. The van der Waals surface area contributed by atoms with Gasteiger partial charge in [-0.25, -0.2) is 0 Å². The molecule has 1 amide bonds. The third-order valence-electron chi connectivity index (χ3n) is 3.25. The largest absolute Gasteiger partial charge is 0.336 e. The van der Waals surface area contributed by atoms with Crippen LogP contribution in [0.2, 0.25) is 10.0 Å². The molecule has 3 rings (SSSR count). The molecule has 3 aromatic rings. The molecule has 0 spiro atoms. The van der Waals surface area contributed by atoms with Gasteiger partial charge in [0.1, 0.15) is 5.69 Å². The van der Waals surface area contributed by atoms with E-state index in [0.717, 1.165) is 16.8 Å². The molecular formula is C15H12Cl2N2OS. The van der Waals surface area contributed by atoms with Gasteiger partial charge < -0.3 is 9.88 Å². The highest BCUT2D eigenvalue weighted by Gasteiger charge is 2.15. The molecule has 2 heterocycles. The molecule has 0 aliphatic rings. The van der Waals surface area contributed by atoms with E-state index in [0.29, 0.717) is 21.4 Å². The van der Waals surface area contributed by atoms with Crippen molar-refractivity contribution in [3.05, 3.63) is 51.5 Å². The Kier molecular flexibility index (Phi) is 3.93. The Labute approximate surface area is 136 Å². The van der Waals surface area contributed by atoms with Gasteiger partial charge in [0, 0.05) is 12.2 Å². The van der Waals surface area contributed by atoms with E-state index in [1.807, 2.05) is 29.0 Å². The zero-order chi connectivity index (χ0) is 15.0. The number of aryl methyl sites for hydroxylation is 1. The number of nitrogens with one attached hydrogen (secondary N) is 1. The van der Waals surface area contributed by atoms with Gasteiger partial charge in [-0.1, -0.05) is 23.2 Å². The highest BCUT2D eigenvalue weighted by atomic mass is 35.5. The number of carbonyl (C=O) groups is 1. The molecule has 0 aliphatic heterocycles. The molecule has 0 saturated heterocycles. The van der Waals surface area contributed by atoms with E-state index in [-0.39, 0.29) is 5.91 Å². The third-order valence-corrected chi connectivity index (χ3v) is 4.84. The molecule has 1 aromatic carbocycles. The van der Waals surface area contributed by atoms with Crippen molar-refractivity contribution in [1.29, 1.82) is 0 Å². The number of amides is 1. The van der Waals surface area contributed by atoms with Crippen LogP contribution in [-0.2, 0) is 6.54 Å². The molecule has 0 fully saturated rings. The minimum absolute atomic E-state index is 0.154. The average molecular weight is 339 g/mol. The number of nitrogens with zero attached hydrogens (tertiary/aromatic N) is 1. The van der Waals surface area contributed by atoms with Crippen LogP contribution in [0.1, 0.15) is 17.4 Å². The number of aromatic nitrogens is 1. The summed E-state index contributed by atoms with van der Waals surface area (Å²) in [6, 6.07) is 8.98. The summed E-state index contributed by atoms with van der Waals surface area (Å²) in [7, 11) is 0. The summed E-state index contributed by atoms with van der Waals surface area (Å²) < 4.78 is 3.11. The fraction of sp³-hybridized carbons (Fsp3) is 0.133. The van der Waals surface area contributed by atoms with E-state index in [4.69, 9.17) is 23.2 Å². The molecule has 0 unspecified atom stereocenters. The first-order chi connectivity index (χ1) is 10.1. The Morgan fingerprint density at radius 1 is 1.24 bits per heavy atom. The number of anilines is 1. The number of halogens is 2. The number of hydrogen-bond donors (Lipinski definition) is 1. The lowest BCUT2D eigenvalue weighted by Gasteiger charge is -2.09. The molecular weight excluding hydrogens is 327 g/mol. The van der Waals surface area contributed by atoms with Crippen molar-refractivity contribution in [3.63, 3.8) is 0 Å². The van der Waals surface area contributed by atoms with E-state index >= 15 is 0 Å². The van der Waals surface area contributed by atoms with Crippen molar-refractivity contribution in [2.75, 3.05) is 5.32 Å². The zero-order valence-corrected chi connectivity index (χ0v) is 13.5. The maximum atomic E-state index is 12.5. The molecule has 0 saturated carbocycles. The number of carbonyl (C=O) groups excluding carboxylic acids is 1. The summed E-state index contributed by atoms with van der Waals surface area (Å²) in [5, 5.41) is 5.76. The molecule has 0 aliphatic carbocycles. The van der Waals surface area contributed by atoms with E-state index in [1.165, 1.54) is 0 Å². The minimum atomic E-state index is -0.154. The Balaban J connectivity index is 1.93. The number of fused-ring (bicyclic) bond motifs is 1. The second kappa shape index (κ2) is 5.72. The van der Waals surface area contributed by atoms with E-state index in [2.05, 4.69) is 5.32 Å². The smallest absolute Gasteiger partial charge is 0.272 e. The predicted molar refractivity (Wildman–Crippen MR) is 89.9 cm³/mol. The average Bonchev–Trinajstić information content (AvgIpc) is 3.02. The van der Waals surface area contributed by atoms with Gasteiger partial charge in [0.2, 0.25) is 0 Å². The van der Waals surface area contributed by atoms with Crippen LogP contribution in [0.15, 0.2) is 35.7 Å². The summed E-state index contributed by atoms with van der Waals surface area (Å²) >= 11 is 13.5. The van der Waals surface area contributed by atoms with Crippen LogP contribution in [0.3, 0.4) is 0 Å². The first-order valence-electron chi connectivity index (χ1n) is 6.43. The van der Waals surface area contributed by atoms with Crippen molar-refractivity contribution < 1.29 is 4.79 Å². The molecule has 2 aromatic heterocycles. The molecule has 6 heteroatoms. The minimum Gasteiger partial charge on any atom is -0.336 e. The third kappa shape index (κ3) is 2.67. The van der Waals surface area contributed by atoms with E-state index < -0.39 is 0 Å². The number of hydrogen-bond acceptors (Lipinski definition) is 2. The summed E-state index contributed by atoms with van der Waals surface area (Å²) in [6.07, 6.45) is 0. The van der Waals surface area contributed by atoms with Gasteiger partial charge in [0.25, 0.3) is 5.91 Å². The van der Waals surface area contributed by atoms with Gasteiger partial charge in [-0.15, -0.1) is 11.3 Å². The van der Waals surface area contributed by atoms with Crippen LogP contribution in [0, 0.1) is 0 Å². The number of rotatable bonds is 3. The lowest BCUT2D eigenvalue weighted by Crippen LogP contribution is -2.16.